The van der Waals surface area contributed by atoms with Gasteiger partial charge in [-0.2, -0.15) is 0 Å². The molecule has 1 aliphatic rings. The summed E-state index contributed by atoms with van der Waals surface area (Å²) < 4.78 is 7.49. The van der Waals surface area contributed by atoms with E-state index in [-0.39, 0.29) is 30.9 Å². The van der Waals surface area contributed by atoms with E-state index in [1.165, 1.54) is 28.0 Å². The maximum atomic E-state index is 6.22. The number of hydrogen-bond donors (Lipinski definition) is 0. The van der Waals surface area contributed by atoms with E-state index in [2.05, 4.69) is 74.1 Å². The van der Waals surface area contributed by atoms with E-state index in [9.17, 15) is 0 Å². The van der Waals surface area contributed by atoms with E-state index >= 15 is 0 Å². The number of hydrogen-bond acceptors (Lipinski definition) is 5. The minimum absolute atomic E-state index is 0. The summed E-state index contributed by atoms with van der Waals surface area (Å²) in [6.45, 7) is 11.5. The summed E-state index contributed by atoms with van der Waals surface area (Å²) in [5.74, 6) is 0. The van der Waals surface area contributed by atoms with Crippen LogP contribution in [-0.2, 0) is 30.9 Å². The van der Waals surface area contributed by atoms with Gasteiger partial charge in [0.15, 0.2) is 0 Å². The summed E-state index contributed by atoms with van der Waals surface area (Å²) >= 11 is 1.92. The van der Waals surface area contributed by atoms with Crippen molar-refractivity contribution >= 4 is 43.6 Å². The second-order valence-corrected chi connectivity index (χ2v) is 13.7. The first kappa shape index (κ1) is 30.3. The van der Waals surface area contributed by atoms with Gasteiger partial charge in [0.25, 0.3) is 0 Å². The molecule has 6 heteroatoms. The molecular formula is C38H33IrN3OS-2. The summed E-state index contributed by atoms with van der Waals surface area (Å²) in [5, 5.41) is 2.10. The first-order valence-electron chi connectivity index (χ1n) is 14.7. The molecule has 1 radical (unpaired) electrons. The average Bonchev–Trinajstić information content (AvgIpc) is 3.60. The molecule has 0 aliphatic heterocycles. The van der Waals surface area contributed by atoms with Crippen LogP contribution in [0.2, 0.25) is 0 Å². The Morgan fingerprint density at radius 2 is 1.59 bits per heavy atom. The van der Waals surface area contributed by atoms with Gasteiger partial charge < -0.3 is 9.40 Å². The fourth-order valence-corrected chi connectivity index (χ4v) is 7.52. The molecule has 0 unspecified atom stereocenters. The second-order valence-electron chi connectivity index (χ2n) is 12.6. The molecule has 223 valence electrons. The number of rotatable bonds is 2. The van der Waals surface area contributed by atoms with Crippen molar-refractivity contribution in [1.29, 1.82) is 0 Å². The molecule has 8 rings (SSSR count). The van der Waals surface area contributed by atoms with Gasteiger partial charge in [-0.05, 0) is 71.8 Å². The standard InChI is InChI=1S/C27H25N2OS.C11H8N.Ir/c1-15-9-10-17-16-7-6-8-18(23(16)30-25(17)28-15)19-11-12-20-22(29-19)21-24(31-20)27(4,5)14-13-26(21,2)3;1-2-6-10(7-3-1)11-8-4-5-9-12-11;/h6-7,9-12H,13-14H2,1-5H3;1-6,8-9H;/q2*-1;. The number of pyridine rings is 3. The summed E-state index contributed by atoms with van der Waals surface area (Å²) in [5.41, 5.74) is 9.17. The molecule has 0 atom stereocenters. The van der Waals surface area contributed by atoms with Crippen molar-refractivity contribution in [1.82, 2.24) is 15.0 Å². The Bertz CT molecular complexity index is 2060. The van der Waals surface area contributed by atoms with Crippen molar-refractivity contribution in [2.75, 3.05) is 0 Å². The fourth-order valence-electron chi connectivity index (χ4n) is 6.06. The summed E-state index contributed by atoms with van der Waals surface area (Å²) in [6.07, 6.45) is 4.18. The van der Waals surface area contributed by atoms with Crippen LogP contribution in [0.5, 0.6) is 0 Å². The number of aryl methyl sites for hydroxylation is 1. The van der Waals surface area contributed by atoms with Crippen molar-refractivity contribution in [3.05, 3.63) is 113 Å². The zero-order valence-electron chi connectivity index (χ0n) is 25.5. The van der Waals surface area contributed by atoms with Crippen LogP contribution in [0.3, 0.4) is 0 Å². The van der Waals surface area contributed by atoms with E-state index < -0.39 is 0 Å². The maximum Gasteiger partial charge on any atom is 0.216 e. The maximum absolute atomic E-state index is 6.22. The van der Waals surface area contributed by atoms with Gasteiger partial charge >= 0.3 is 0 Å². The van der Waals surface area contributed by atoms with E-state index in [0.29, 0.717) is 5.71 Å². The smallest absolute Gasteiger partial charge is 0.216 e. The number of aromatic nitrogens is 3. The van der Waals surface area contributed by atoms with E-state index in [0.717, 1.165) is 50.1 Å². The number of benzene rings is 2. The molecular weight excluding hydrogens is 739 g/mol. The van der Waals surface area contributed by atoms with Crippen LogP contribution in [-0.4, -0.2) is 15.0 Å². The molecule has 4 nitrogen and oxygen atoms in total. The summed E-state index contributed by atoms with van der Waals surface area (Å²) in [6, 6.07) is 32.7. The fraction of sp³-hybridized carbons (Fsp3) is 0.237. The van der Waals surface area contributed by atoms with Gasteiger partial charge in [0.1, 0.15) is 0 Å². The number of fused-ring (bicyclic) bond motifs is 6. The minimum atomic E-state index is 0. The van der Waals surface area contributed by atoms with Gasteiger partial charge in [0.05, 0.1) is 15.8 Å². The molecule has 0 N–H and O–H groups in total. The SMILES string of the molecule is Cc1ccc2c(n1)oc1c(-c3ccc4sc5c(c4n3)C(C)(C)CCC5(C)C)[c-]ccc12.[Ir].[c-]1ccccc1-c1ccccn1. The van der Waals surface area contributed by atoms with E-state index in [1.54, 1.807) is 6.20 Å². The molecule has 0 saturated carbocycles. The van der Waals surface area contributed by atoms with Crippen LogP contribution < -0.4 is 0 Å². The van der Waals surface area contributed by atoms with Crippen LogP contribution in [0.15, 0.2) is 89.5 Å². The van der Waals surface area contributed by atoms with Crippen LogP contribution in [0.1, 0.15) is 56.7 Å². The van der Waals surface area contributed by atoms with Gasteiger partial charge in [-0.25, -0.2) is 4.98 Å². The van der Waals surface area contributed by atoms with Crippen LogP contribution in [0, 0.1) is 19.1 Å². The Hall–Kier alpha value is -3.70. The number of nitrogens with zero attached hydrogens (tertiary/aromatic N) is 3. The van der Waals surface area contributed by atoms with Gasteiger partial charge in [-0.3, -0.25) is 4.98 Å². The van der Waals surface area contributed by atoms with Crippen molar-refractivity contribution in [3.63, 3.8) is 0 Å². The number of thiophene rings is 1. The van der Waals surface area contributed by atoms with Crippen LogP contribution in [0.25, 0.3) is 54.8 Å². The third-order valence-corrected chi connectivity index (χ3v) is 10.1. The van der Waals surface area contributed by atoms with Crippen molar-refractivity contribution in [2.45, 2.75) is 58.3 Å². The number of furan rings is 1. The van der Waals surface area contributed by atoms with Crippen molar-refractivity contribution in [2.24, 2.45) is 0 Å². The molecule has 5 heterocycles. The predicted molar refractivity (Wildman–Crippen MR) is 177 cm³/mol. The molecule has 2 aromatic carbocycles. The molecule has 44 heavy (non-hydrogen) atoms. The minimum Gasteiger partial charge on any atom is -0.486 e. The summed E-state index contributed by atoms with van der Waals surface area (Å²) in [7, 11) is 0. The molecule has 7 aromatic rings. The third-order valence-electron chi connectivity index (χ3n) is 8.54. The first-order valence-corrected chi connectivity index (χ1v) is 15.6. The van der Waals surface area contributed by atoms with Gasteiger partial charge in [0, 0.05) is 42.3 Å². The predicted octanol–water partition coefficient (Wildman–Crippen LogP) is 10.3. The molecule has 0 bridgehead atoms. The zero-order valence-corrected chi connectivity index (χ0v) is 28.7. The first-order chi connectivity index (χ1) is 20.7. The molecule has 1 aliphatic carbocycles. The molecule has 5 aromatic heterocycles. The van der Waals surface area contributed by atoms with Crippen LogP contribution in [0.4, 0.5) is 0 Å². The Kier molecular flexibility index (Phi) is 8.04. The van der Waals surface area contributed by atoms with Gasteiger partial charge in [0.2, 0.25) is 5.71 Å². The van der Waals surface area contributed by atoms with E-state index in [4.69, 9.17) is 9.40 Å². The Morgan fingerprint density at radius 1 is 0.773 bits per heavy atom. The van der Waals surface area contributed by atoms with Gasteiger partial charge in [-0.15, -0.1) is 65.4 Å². The Balaban J connectivity index is 0.000000222. The normalized spacial score (nSPS) is 14.9. The topological polar surface area (TPSA) is 51.8 Å². The largest absolute Gasteiger partial charge is 0.486 e. The third kappa shape index (κ3) is 5.40. The molecule has 0 fully saturated rings. The monoisotopic (exact) mass is 772 g/mol. The molecule has 0 saturated heterocycles. The average molecular weight is 772 g/mol. The van der Waals surface area contributed by atoms with Crippen molar-refractivity contribution in [3.8, 4) is 22.5 Å². The quantitative estimate of drug-likeness (QED) is 0.164. The summed E-state index contributed by atoms with van der Waals surface area (Å²) in [4.78, 5) is 15.5. The van der Waals surface area contributed by atoms with Gasteiger partial charge in [-0.1, -0.05) is 56.8 Å². The van der Waals surface area contributed by atoms with Crippen molar-refractivity contribution < 1.29 is 24.5 Å². The second kappa shape index (κ2) is 11.7. The molecule has 0 spiro atoms. The van der Waals surface area contributed by atoms with Crippen LogP contribution >= 0.6 is 11.3 Å². The zero-order chi connectivity index (χ0) is 29.8. The van der Waals surface area contributed by atoms with E-state index in [1.807, 2.05) is 72.9 Å². The Morgan fingerprint density at radius 3 is 2.36 bits per heavy atom. The molecule has 0 amide bonds. The Labute approximate surface area is 276 Å².